The Morgan fingerprint density at radius 1 is 1.20 bits per heavy atom. The Balaban J connectivity index is 4.20. The van der Waals surface area contributed by atoms with Gasteiger partial charge >= 0.3 is 5.97 Å². The molecule has 0 saturated heterocycles. The predicted molar refractivity (Wildman–Crippen MR) is 59.5 cm³/mol. The van der Waals surface area contributed by atoms with Crippen molar-refractivity contribution in [1.29, 1.82) is 0 Å². The van der Waals surface area contributed by atoms with Crippen molar-refractivity contribution in [2.45, 2.75) is 53.6 Å². The first kappa shape index (κ1) is 14.1. The minimum Gasteiger partial charge on any atom is -0.462 e. The van der Waals surface area contributed by atoms with E-state index in [0.717, 1.165) is 12.8 Å². The van der Waals surface area contributed by atoms with Gasteiger partial charge in [0.15, 0.2) is 0 Å². The Morgan fingerprint density at radius 3 is 2.07 bits per heavy atom. The first-order valence-corrected chi connectivity index (χ1v) is 5.56. The third kappa shape index (κ3) is 5.55. The second-order valence-corrected chi connectivity index (χ2v) is 4.28. The summed E-state index contributed by atoms with van der Waals surface area (Å²) in [4.78, 5) is 22.0. The molecule has 0 aromatic heterocycles. The topological polar surface area (TPSA) is 43.4 Å². The van der Waals surface area contributed by atoms with Crippen molar-refractivity contribution in [3.8, 4) is 0 Å². The molecule has 0 aliphatic rings. The molecule has 0 aliphatic heterocycles. The molecule has 0 amide bonds. The van der Waals surface area contributed by atoms with Crippen molar-refractivity contribution in [1.82, 2.24) is 0 Å². The fraction of sp³-hybridized carbons (Fsp3) is 0.833. The highest BCUT2D eigenvalue weighted by atomic mass is 16.5. The predicted octanol–water partition coefficient (Wildman–Crippen LogP) is 2.58. The highest BCUT2D eigenvalue weighted by Gasteiger charge is 2.21. The van der Waals surface area contributed by atoms with Crippen molar-refractivity contribution in [2.75, 3.05) is 0 Å². The molecule has 0 bridgehead atoms. The Morgan fingerprint density at radius 2 is 1.73 bits per heavy atom. The monoisotopic (exact) mass is 214 g/mol. The molecule has 15 heavy (non-hydrogen) atoms. The fourth-order valence-electron chi connectivity index (χ4n) is 1.69. The van der Waals surface area contributed by atoms with Gasteiger partial charge in [0.2, 0.25) is 0 Å². The lowest BCUT2D eigenvalue weighted by Crippen LogP contribution is -2.26. The van der Waals surface area contributed by atoms with Gasteiger partial charge in [-0.25, -0.2) is 0 Å². The van der Waals surface area contributed by atoms with Crippen LogP contribution in [0, 0.1) is 11.8 Å². The zero-order valence-corrected chi connectivity index (χ0v) is 10.4. The third-order valence-electron chi connectivity index (χ3n) is 2.77. The van der Waals surface area contributed by atoms with Crippen LogP contribution in [0.5, 0.6) is 0 Å². The standard InChI is InChI=1S/C12H22O3/c1-6-12(15-11(5)14)9(3)7-8(2)10(4)13/h8-9,12H,6-7H2,1-5H3/t8-,9+,12+/m1/s1. The van der Waals surface area contributed by atoms with Gasteiger partial charge in [-0.3, -0.25) is 9.59 Å². The number of esters is 1. The van der Waals surface area contributed by atoms with E-state index >= 15 is 0 Å². The average molecular weight is 214 g/mol. The summed E-state index contributed by atoms with van der Waals surface area (Å²) in [5, 5.41) is 0. The van der Waals surface area contributed by atoms with Gasteiger partial charge in [-0.2, -0.15) is 0 Å². The van der Waals surface area contributed by atoms with E-state index in [0.29, 0.717) is 0 Å². The van der Waals surface area contributed by atoms with Gasteiger partial charge in [0.25, 0.3) is 0 Å². The number of ether oxygens (including phenoxy) is 1. The highest BCUT2D eigenvalue weighted by molar-refractivity contribution is 5.77. The van der Waals surface area contributed by atoms with Crippen LogP contribution in [0.2, 0.25) is 0 Å². The summed E-state index contributed by atoms with van der Waals surface area (Å²) in [7, 11) is 0. The summed E-state index contributed by atoms with van der Waals surface area (Å²) in [6.07, 6.45) is 1.51. The summed E-state index contributed by atoms with van der Waals surface area (Å²) in [5.41, 5.74) is 0. The number of carbonyl (C=O) groups is 2. The molecule has 0 spiro atoms. The second-order valence-electron chi connectivity index (χ2n) is 4.28. The number of rotatable bonds is 6. The smallest absolute Gasteiger partial charge is 0.302 e. The van der Waals surface area contributed by atoms with E-state index in [4.69, 9.17) is 4.74 Å². The summed E-state index contributed by atoms with van der Waals surface area (Å²) < 4.78 is 5.19. The second kappa shape index (κ2) is 6.59. The highest BCUT2D eigenvalue weighted by Crippen LogP contribution is 2.20. The van der Waals surface area contributed by atoms with Gasteiger partial charge in [0, 0.05) is 12.8 Å². The van der Waals surface area contributed by atoms with Crippen LogP contribution in [0.4, 0.5) is 0 Å². The summed E-state index contributed by atoms with van der Waals surface area (Å²) in [5.74, 6) is 0.228. The SMILES string of the molecule is CC[C@H](OC(C)=O)[C@@H](C)C[C@@H](C)C(C)=O. The molecule has 3 heteroatoms. The van der Waals surface area contributed by atoms with Crippen molar-refractivity contribution in [3.63, 3.8) is 0 Å². The molecule has 88 valence electrons. The lowest BCUT2D eigenvalue weighted by molar-refractivity contribution is -0.149. The van der Waals surface area contributed by atoms with Crippen LogP contribution >= 0.6 is 0 Å². The molecular weight excluding hydrogens is 192 g/mol. The van der Waals surface area contributed by atoms with Gasteiger partial charge in [-0.1, -0.05) is 20.8 Å². The van der Waals surface area contributed by atoms with Crippen LogP contribution in [0.15, 0.2) is 0 Å². The Hall–Kier alpha value is -0.860. The van der Waals surface area contributed by atoms with E-state index in [2.05, 4.69) is 0 Å². The summed E-state index contributed by atoms with van der Waals surface area (Å²) in [6.45, 7) is 8.95. The van der Waals surface area contributed by atoms with Crippen molar-refractivity contribution in [2.24, 2.45) is 11.8 Å². The molecule has 0 aromatic carbocycles. The maximum atomic E-state index is 11.1. The molecule has 3 atom stereocenters. The molecule has 0 rings (SSSR count). The van der Waals surface area contributed by atoms with Gasteiger partial charge < -0.3 is 4.74 Å². The van der Waals surface area contributed by atoms with Crippen molar-refractivity contribution >= 4 is 11.8 Å². The molecule has 0 aromatic rings. The number of carbonyl (C=O) groups excluding carboxylic acids is 2. The Bertz CT molecular complexity index is 223. The van der Waals surface area contributed by atoms with Crippen LogP contribution < -0.4 is 0 Å². The van der Waals surface area contributed by atoms with E-state index in [1.807, 2.05) is 20.8 Å². The van der Waals surface area contributed by atoms with E-state index in [-0.39, 0.29) is 29.7 Å². The first-order valence-electron chi connectivity index (χ1n) is 5.56. The Labute approximate surface area is 92.2 Å². The van der Waals surface area contributed by atoms with Gasteiger partial charge in [-0.15, -0.1) is 0 Å². The van der Waals surface area contributed by atoms with E-state index in [1.165, 1.54) is 6.92 Å². The van der Waals surface area contributed by atoms with Crippen LogP contribution in [0.25, 0.3) is 0 Å². The molecule has 0 unspecified atom stereocenters. The molecule has 0 fully saturated rings. The largest absolute Gasteiger partial charge is 0.462 e. The molecular formula is C12H22O3. The Kier molecular flexibility index (Phi) is 6.21. The van der Waals surface area contributed by atoms with Crippen LogP contribution in [0.3, 0.4) is 0 Å². The van der Waals surface area contributed by atoms with Gasteiger partial charge in [0.05, 0.1) is 0 Å². The van der Waals surface area contributed by atoms with Crippen LogP contribution in [0.1, 0.15) is 47.5 Å². The van der Waals surface area contributed by atoms with E-state index in [1.54, 1.807) is 6.92 Å². The number of ketones is 1. The zero-order valence-electron chi connectivity index (χ0n) is 10.4. The third-order valence-corrected chi connectivity index (χ3v) is 2.77. The minimum absolute atomic E-state index is 0.0459. The van der Waals surface area contributed by atoms with E-state index < -0.39 is 0 Å². The molecule has 0 radical (unpaired) electrons. The maximum Gasteiger partial charge on any atom is 0.302 e. The summed E-state index contributed by atoms with van der Waals surface area (Å²) in [6, 6.07) is 0. The van der Waals surface area contributed by atoms with Crippen LogP contribution in [-0.2, 0) is 14.3 Å². The van der Waals surface area contributed by atoms with Gasteiger partial charge in [-0.05, 0) is 25.7 Å². The number of hydrogen-bond acceptors (Lipinski definition) is 3. The first-order chi connectivity index (χ1) is 6.88. The van der Waals surface area contributed by atoms with Crippen molar-refractivity contribution in [3.05, 3.63) is 0 Å². The maximum absolute atomic E-state index is 11.1. The van der Waals surface area contributed by atoms with Crippen LogP contribution in [-0.4, -0.2) is 17.9 Å². The van der Waals surface area contributed by atoms with E-state index in [9.17, 15) is 9.59 Å². The number of Topliss-reactive ketones (excluding diaryl/α,β-unsaturated/α-hetero) is 1. The molecule has 0 N–H and O–H groups in total. The fourth-order valence-corrected chi connectivity index (χ4v) is 1.69. The van der Waals surface area contributed by atoms with Gasteiger partial charge in [0.1, 0.15) is 11.9 Å². The lowest BCUT2D eigenvalue weighted by atomic mass is 9.89. The molecule has 3 nitrogen and oxygen atoms in total. The number of hydrogen-bond donors (Lipinski definition) is 0. The average Bonchev–Trinajstić information content (AvgIpc) is 2.13. The lowest BCUT2D eigenvalue weighted by Gasteiger charge is -2.24. The van der Waals surface area contributed by atoms with Crippen molar-refractivity contribution < 1.29 is 14.3 Å². The molecule has 0 aliphatic carbocycles. The molecule has 0 saturated carbocycles. The summed E-state index contributed by atoms with van der Waals surface area (Å²) >= 11 is 0. The quantitative estimate of drug-likeness (QED) is 0.638. The molecule has 0 heterocycles. The zero-order chi connectivity index (χ0) is 12.0. The normalized spacial score (nSPS) is 16.6. The minimum atomic E-state index is -0.246.